The van der Waals surface area contributed by atoms with Gasteiger partial charge in [0.15, 0.2) is 11.6 Å². The molecule has 0 aliphatic heterocycles. The molecule has 0 radical (unpaired) electrons. The largest absolute Gasteiger partial charge is 0.478 e. The molecule has 1 aromatic rings. The zero-order chi connectivity index (χ0) is 11.6. The lowest BCUT2D eigenvalue weighted by Gasteiger charge is -1.99. The van der Waals surface area contributed by atoms with E-state index in [1.165, 1.54) is 6.92 Å². The van der Waals surface area contributed by atoms with Gasteiger partial charge in [-0.2, -0.15) is 0 Å². The monoisotopic (exact) mass is 216 g/mol. The third kappa shape index (κ3) is 2.59. The van der Waals surface area contributed by atoms with Gasteiger partial charge in [-0.3, -0.25) is 0 Å². The molecule has 0 aliphatic carbocycles. The first-order valence-electron chi connectivity index (χ1n) is 3.98. The van der Waals surface area contributed by atoms with E-state index in [0.717, 1.165) is 6.08 Å². The molecule has 1 rings (SSSR count). The average molecular weight is 216 g/mol. The van der Waals surface area contributed by atoms with Gasteiger partial charge in [0.2, 0.25) is 0 Å². The zero-order valence-corrected chi connectivity index (χ0v) is 7.72. The number of carboxylic acids is 1. The molecular weight excluding hydrogens is 209 g/mol. The number of halogens is 3. The van der Waals surface area contributed by atoms with E-state index in [1.807, 2.05) is 0 Å². The van der Waals surface area contributed by atoms with Gasteiger partial charge in [0, 0.05) is 17.2 Å². The topological polar surface area (TPSA) is 37.3 Å². The maximum Gasteiger partial charge on any atom is 0.331 e. The Morgan fingerprint density at radius 1 is 1.20 bits per heavy atom. The van der Waals surface area contributed by atoms with Gasteiger partial charge in [0.25, 0.3) is 0 Å². The summed E-state index contributed by atoms with van der Waals surface area (Å²) in [7, 11) is 0. The lowest BCUT2D eigenvalue weighted by molar-refractivity contribution is -0.132. The van der Waals surface area contributed by atoms with Gasteiger partial charge < -0.3 is 5.11 Å². The van der Waals surface area contributed by atoms with Crippen molar-refractivity contribution in [1.82, 2.24) is 0 Å². The smallest absolute Gasteiger partial charge is 0.331 e. The highest BCUT2D eigenvalue weighted by atomic mass is 19.2. The van der Waals surface area contributed by atoms with Crippen LogP contribution in [0.2, 0.25) is 0 Å². The van der Waals surface area contributed by atoms with Gasteiger partial charge in [-0.25, -0.2) is 18.0 Å². The summed E-state index contributed by atoms with van der Waals surface area (Å²) in [6, 6.07) is 0.980. The van der Waals surface area contributed by atoms with Gasteiger partial charge >= 0.3 is 5.97 Å². The van der Waals surface area contributed by atoms with E-state index in [0.29, 0.717) is 12.1 Å². The Labute approximate surface area is 83.7 Å². The molecule has 0 heterocycles. The van der Waals surface area contributed by atoms with E-state index >= 15 is 0 Å². The van der Waals surface area contributed by atoms with Gasteiger partial charge in [-0.05, 0) is 19.1 Å². The summed E-state index contributed by atoms with van der Waals surface area (Å²) >= 11 is 0. The Balaban J connectivity index is 3.22. The van der Waals surface area contributed by atoms with Crippen LogP contribution in [0.25, 0.3) is 6.08 Å². The second-order valence-electron chi connectivity index (χ2n) is 2.92. The number of hydrogen-bond donors (Lipinski definition) is 1. The summed E-state index contributed by atoms with van der Waals surface area (Å²) in [5, 5.41) is 8.50. The van der Waals surface area contributed by atoms with Gasteiger partial charge in [0.1, 0.15) is 5.82 Å². The maximum atomic E-state index is 13.0. The van der Waals surface area contributed by atoms with E-state index in [-0.39, 0.29) is 11.1 Å². The Morgan fingerprint density at radius 3 is 2.27 bits per heavy atom. The summed E-state index contributed by atoms with van der Waals surface area (Å²) in [5.41, 5.74) is -0.464. The minimum absolute atomic E-state index is 0.167. The van der Waals surface area contributed by atoms with Crippen LogP contribution in [0.5, 0.6) is 0 Å². The molecule has 1 N–H and O–H groups in total. The van der Waals surface area contributed by atoms with Crippen molar-refractivity contribution >= 4 is 12.0 Å². The number of carbonyl (C=O) groups is 1. The second-order valence-corrected chi connectivity index (χ2v) is 2.92. The molecule has 2 nitrogen and oxygen atoms in total. The number of hydrogen-bond acceptors (Lipinski definition) is 1. The van der Waals surface area contributed by atoms with Gasteiger partial charge in [0.05, 0.1) is 0 Å². The van der Waals surface area contributed by atoms with Crippen LogP contribution in [0.3, 0.4) is 0 Å². The molecule has 0 fully saturated rings. The summed E-state index contributed by atoms with van der Waals surface area (Å²) in [4.78, 5) is 10.4. The number of benzene rings is 1. The van der Waals surface area contributed by atoms with Crippen molar-refractivity contribution in [2.45, 2.75) is 6.92 Å². The van der Waals surface area contributed by atoms with E-state index in [1.54, 1.807) is 0 Å². The first-order valence-corrected chi connectivity index (χ1v) is 3.98. The van der Waals surface area contributed by atoms with Crippen molar-refractivity contribution < 1.29 is 23.1 Å². The van der Waals surface area contributed by atoms with E-state index in [2.05, 4.69) is 0 Å². The molecule has 0 aromatic heterocycles. The van der Waals surface area contributed by atoms with Gasteiger partial charge in [-0.1, -0.05) is 0 Å². The van der Waals surface area contributed by atoms with Crippen LogP contribution >= 0.6 is 0 Å². The normalized spacial score (nSPS) is 11.6. The van der Waals surface area contributed by atoms with Crippen LogP contribution in [0, 0.1) is 17.5 Å². The highest BCUT2D eigenvalue weighted by Crippen LogP contribution is 2.16. The van der Waals surface area contributed by atoms with Crippen molar-refractivity contribution in [1.29, 1.82) is 0 Å². The SMILES string of the molecule is C/C(=C\c1cc(F)c(F)cc1F)C(=O)O. The fourth-order valence-electron chi connectivity index (χ4n) is 0.944. The first-order chi connectivity index (χ1) is 6.91. The molecule has 5 heteroatoms. The molecule has 0 unspecified atom stereocenters. The third-order valence-electron chi connectivity index (χ3n) is 1.75. The number of rotatable bonds is 2. The predicted octanol–water partition coefficient (Wildman–Crippen LogP) is 2.59. The van der Waals surface area contributed by atoms with Crippen molar-refractivity contribution in [2.75, 3.05) is 0 Å². The highest BCUT2D eigenvalue weighted by molar-refractivity contribution is 5.91. The molecule has 1 aromatic carbocycles. The summed E-state index contributed by atoms with van der Waals surface area (Å²) in [6.07, 6.45) is 0.931. The molecule has 0 saturated heterocycles. The van der Waals surface area contributed by atoms with E-state index < -0.39 is 23.4 Å². The predicted molar refractivity (Wildman–Crippen MR) is 47.6 cm³/mol. The molecule has 0 atom stereocenters. The summed E-state index contributed by atoms with van der Waals surface area (Å²) in [5.74, 6) is -4.79. The lowest BCUT2D eigenvalue weighted by Crippen LogP contribution is -1.97. The van der Waals surface area contributed by atoms with Crippen LogP contribution in [0.4, 0.5) is 13.2 Å². The highest BCUT2D eigenvalue weighted by Gasteiger charge is 2.09. The fourth-order valence-corrected chi connectivity index (χ4v) is 0.944. The second kappa shape index (κ2) is 4.16. The molecule has 0 bridgehead atoms. The minimum Gasteiger partial charge on any atom is -0.478 e. The first kappa shape index (κ1) is 11.3. The third-order valence-corrected chi connectivity index (χ3v) is 1.75. The average Bonchev–Trinajstić information content (AvgIpc) is 2.13. The van der Waals surface area contributed by atoms with E-state index in [9.17, 15) is 18.0 Å². The van der Waals surface area contributed by atoms with Crippen LogP contribution in [0.15, 0.2) is 17.7 Å². The zero-order valence-electron chi connectivity index (χ0n) is 7.72. The molecule has 80 valence electrons. The molecule has 0 amide bonds. The molecular formula is C10H7F3O2. The van der Waals surface area contributed by atoms with Crippen molar-refractivity contribution in [2.24, 2.45) is 0 Å². The van der Waals surface area contributed by atoms with Crippen LogP contribution in [-0.2, 0) is 4.79 Å². The van der Waals surface area contributed by atoms with Crippen molar-refractivity contribution in [3.63, 3.8) is 0 Å². The Kier molecular flexibility index (Phi) is 3.14. The maximum absolute atomic E-state index is 13.0. The van der Waals surface area contributed by atoms with E-state index in [4.69, 9.17) is 5.11 Å². The molecule has 15 heavy (non-hydrogen) atoms. The summed E-state index contributed by atoms with van der Waals surface area (Å²) < 4.78 is 38.2. The summed E-state index contributed by atoms with van der Waals surface area (Å²) in [6.45, 7) is 1.23. The van der Waals surface area contributed by atoms with Crippen LogP contribution in [-0.4, -0.2) is 11.1 Å². The standard InChI is InChI=1S/C10H7F3O2/c1-5(10(14)15)2-6-3-8(12)9(13)4-7(6)11/h2-4H,1H3,(H,14,15)/b5-2+. The van der Waals surface area contributed by atoms with Crippen LogP contribution in [0.1, 0.15) is 12.5 Å². The van der Waals surface area contributed by atoms with Crippen molar-refractivity contribution in [3.05, 3.63) is 40.7 Å². The lowest BCUT2D eigenvalue weighted by atomic mass is 10.1. The van der Waals surface area contributed by atoms with Gasteiger partial charge in [-0.15, -0.1) is 0 Å². The Hall–Kier alpha value is -1.78. The quantitative estimate of drug-likeness (QED) is 0.609. The Morgan fingerprint density at radius 2 is 1.73 bits per heavy atom. The Bertz CT molecular complexity index is 439. The fraction of sp³-hybridized carbons (Fsp3) is 0.100. The number of carboxylic acid groups (broad SMARTS) is 1. The van der Waals surface area contributed by atoms with Crippen LogP contribution < -0.4 is 0 Å². The molecule has 0 aliphatic rings. The molecule has 0 spiro atoms. The molecule has 0 saturated carbocycles. The number of aliphatic carboxylic acids is 1. The van der Waals surface area contributed by atoms with Crippen molar-refractivity contribution in [3.8, 4) is 0 Å². The minimum atomic E-state index is -1.31.